The summed E-state index contributed by atoms with van der Waals surface area (Å²) in [5.74, 6) is 0.266. The third kappa shape index (κ3) is 4.24. The standard InChI is InChI=1S/C22H17NO3S2/c1-15-7-10-18(11-8-15)27-20-12-9-17(26-20)13-19-21(24)23(22(25)28-19)14-16-5-3-2-4-6-16/h2-13H,14H2,1H3/b19-13-. The molecule has 1 aromatic heterocycles. The average Bonchev–Trinajstić information content (AvgIpc) is 3.24. The summed E-state index contributed by atoms with van der Waals surface area (Å²) in [5.41, 5.74) is 2.12. The smallest absolute Gasteiger partial charge is 0.293 e. The normalized spacial score (nSPS) is 15.6. The van der Waals surface area contributed by atoms with Crippen LogP contribution in [0.1, 0.15) is 16.9 Å². The minimum atomic E-state index is -0.289. The first-order chi connectivity index (χ1) is 13.6. The number of benzene rings is 2. The molecule has 0 unspecified atom stereocenters. The SMILES string of the molecule is Cc1ccc(Sc2ccc(/C=C3\SC(=O)N(Cc4ccccc4)C3=O)o2)cc1. The minimum Gasteiger partial charge on any atom is -0.450 e. The molecule has 1 saturated heterocycles. The molecule has 1 aliphatic rings. The molecule has 3 aromatic rings. The Kier molecular flexibility index (Phi) is 5.41. The number of thioether (sulfide) groups is 1. The Morgan fingerprint density at radius 3 is 2.50 bits per heavy atom. The molecule has 0 bridgehead atoms. The van der Waals surface area contributed by atoms with Crippen molar-refractivity contribution in [3.05, 3.63) is 88.5 Å². The number of furan rings is 1. The summed E-state index contributed by atoms with van der Waals surface area (Å²) in [6.07, 6.45) is 1.63. The first-order valence-corrected chi connectivity index (χ1v) is 10.4. The lowest BCUT2D eigenvalue weighted by Gasteiger charge is -2.11. The molecular formula is C22H17NO3S2. The van der Waals surface area contributed by atoms with Gasteiger partial charge in [0.25, 0.3) is 11.1 Å². The molecule has 4 nitrogen and oxygen atoms in total. The summed E-state index contributed by atoms with van der Waals surface area (Å²) >= 11 is 2.46. The van der Waals surface area contributed by atoms with Crippen LogP contribution in [0.15, 0.2) is 86.0 Å². The van der Waals surface area contributed by atoms with Gasteiger partial charge in [0.05, 0.1) is 11.4 Å². The van der Waals surface area contributed by atoms with E-state index < -0.39 is 0 Å². The van der Waals surface area contributed by atoms with Gasteiger partial charge in [-0.3, -0.25) is 14.5 Å². The van der Waals surface area contributed by atoms with Gasteiger partial charge in [-0.05, 0) is 48.5 Å². The van der Waals surface area contributed by atoms with Crippen LogP contribution in [-0.4, -0.2) is 16.0 Å². The molecule has 1 aliphatic heterocycles. The van der Waals surface area contributed by atoms with Crippen molar-refractivity contribution in [2.75, 3.05) is 0 Å². The van der Waals surface area contributed by atoms with Crippen molar-refractivity contribution in [2.45, 2.75) is 23.5 Å². The van der Waals surface area contributed by atoms with Gasteiger partial charge in [-0.1, -0.05) is 59.8 Å². The Bertz CT molecular complexity index is 1040. The summed E-state index contributed by atoms with van der Waals surface area (Å²) in [6.45, 7) is 2.32. The zero-order valence-corrected chi connectivity index (χ0v) is 16.8. The molecule has 2 aromatic carbocycles. The summed E-state index contributed by atoms with van der Waals surface area (Å²) in [4.78, 5) is 27.6. The monoisotopic (exact) mass is 407 g/mol. The second kappa shape index (κ2) is 8.12. The van der Waals surface area contributed by atoms with Crippen molar-refractivity contribution < 1.29 is 14.0 Å². The number of aryl methyl sites for hydroxylation is 1. The fraction of sp³-hybridized carbons (Fsp3) is 0.0909. The van der Waals surface area contributed by atoms with Gasteiger partial charge in [0.1, 0.15) is 5.76 Å². The van der Waals surface area contributed by atoms with E-state index in [2.05, 4.69) is 12.1 Å². The highest BCUT2D eigenvalue weighted by Crippen LogP contribution is 2.35. The number of carbonyl (C=O) groups excluding carboxylic acids is 2. The zero-order valence-electron chi connectivity index (χ0n) is 15.1. The Labute approximate surface area is 171 Å². The summed E-state index contributed by atoms with van der Waals surface area (Å²) in [6, 6.07) is 21.3. The van der Waals surface area contributed by atoms with Gasteiger partial charge < -0.3 is 4.42 Å². The van der Waals surface area contributed by atoms with Crippen molar-refractivity contribution in [1.29, 1.82) is 0 Å². The van der Waals surface area contributed by atoms with E-state index in [9.17, 15) is 9.59 Å². The molecule has 6 heteroatoms. The molecule has 140 valence electrons. The number of imide groups is 1. The van der Waals surface area contributed by atoms with Gasteiger partial charge in [-0.25, -0.2) is 0 Å². The predicted octanol–water partition coefficient (Wildman–Crippen LogP) is 5.98. The topological polar surface area (TPSA) is 50.5 Å². The van der Waals surface area contributed by atoms with Crippen LogP contribution in [0.3, 0.4) is 0 Å². The van der Waals surface area contributed by atoms with Gasteiger partial charge >= 0.3 is 0 Å². The fourth-order valence-electron chi connectivity index (χ4n) is 2.72. The second-order valence-corrected chi connectivity index (χ2v) is 8.40. The molecule has 0 saturated carbocycles. The number of nitrogens with zero attached hydrogens (tertiary/aromatic N) is 1. The summed E-state index contributed by atoms with van der Waals surface area (Å²) < 4.78 is 5.81. The van der Waals surface area contributed by atoms with Crippen molar-refractivity contribution in [2.24, 2.45) is 0 Å². The Morgan fingerprint density at radius 2 is 1.75 bits per heavy atom. The van der Waals surface area contributed by atoms with Crippen molar-refractivity contribution in [3.8, 4) is 0 Å². The highest BCUT2D eigenvalue weighted by atomic mass is 32.2. The van der Waals surface area contributed by atoms with Crippen LogP contribution in [0, 0.1) is 6.92 Å². The molecule has 0 N–H and O–H groups in total. The fourth-order valence-corrected chi connectivity index (χ4v) is 4.32. The van der Waals surface area contributed by atoms with Gasteiger partial charge in [0, 0.05) is 11.0 Å². The minimum absolute atomic E-state index is 0.263. The van der Waals surface area contributed by atoms with Crippen molar-refractivity contribution in [1.82, 2.24) is 4.90 Å². The highest BCUT2D eigenvalue weighted by Gasteiger charge is 2.35. The van der Waals surface area contributed by atoms with Crippen molar-refractivity contribution >= 4 is 40.7 Å². The molecule has 2 heterocycles. The van der Waals surface area contributed by atoms with E-state index in [1.54, 1.807) is 6.08 Å². The van der Waals surface area contributed by atoms with E-state index >= 15 is 0 Å². The number of rotatable bonds is 5. The van der Waals surface area contributed by atoms with Crippen LogP contribution >= 0.6 is 23.5 Å². The molecule has 28 heavy (non-hydrogen) atoms. The molecule has 0 atom stereocenters. The molecule has 0 radical (unpaired) electrons. The quantitative estimate of drug-likeness (QED) is 0.487. The van der Waals surface area contributed by atoms with E-state index in [0.717, 1.165) is 27.3 Å². The predicted molar refractivity (Wildman–Crippen MR) is 112 cm³/mol. The maximum Gasteiger partial charge on any atom is 0.293 e. The van der Waals surface area contributed by atoms with Gasteiger partial charge in [0.2, 0.25) is 0 Å². The molecule has 0 aliphatic carbocycles. The lowest BCUT2D eigenvalue weighted by atomic mass is 10.2. The average molecular weight is 408 g/mol. The van der Waals surface area contributed by atoms with Crippen LogP contribution in [0.25, 0.3) is 6.08 Å². The maximum atomic E-state index is 12.6. The molecule has 0 spiro atoms. The maximum absolute atomic E-state index is 12.6. The van der Waals surface area contributed by atoms with E-state index in [0.29, 0.717) is 10.7 Å². The van der Waals surface area contributed by atoms with Crippen LogP contribution in [0.5, 0.6) is 0 Å². The molecule has 1 fully saturated rings. The molecule has 4 rings (SSSR count). The van der Waals surface area contributed by atoms with E-state index in [-0.39, 0.29) is 17.7 Å². The Morgan fingerprint density at radius 1 is 1.00 bits per heavy atom. The van der Waals surface area contributed by atoms with Crippen molar-refractivity contribution in [3.63, 3.8) is 0 Å². The Hall–Kier alpha value is -2.70. The third-order valence-corrected chi connectivity index (χ3v) is 6.01. The van der Waals surface area contributed by atoms with Crippen LogP contribution < -0.4 is 0 Å². The zero-order chi connectivity index (χ0) is 19.5. The van der Waals surface area contributed by atoms with E-state index in [1.807, 2.05) is 61.5 Å². The number of carbonyl (C=O) groups is 2. The first-order valence-electron chi connectivity index (χ1n) is 8.72. The van der Waals surface area contributed by atoms with Gasteiger partial charge in [-0.15, -0.1) is 0 Å². The molecular weight excluding hydrogens is 390 g/mol. The van der Waals surface area contributed by atoms with Crippen LogP contribution in [0.2, 0.25) is 0 Å². The largest absolute Gasteiger partial charge is 0.450 e. The van der Waals surface area contributed by atoms with E-state index in [4.69, 9.17) is 4.42 Å². The third-order valence-electron chi connectivity index (χ3n) is 4.17. The highest BCUT2D eigenvalue weighted by molar-refractivity contribution is 8.18. The Balaban J connectivity index is 1.47. The number of hydrogen-bond acceptors (Lipinski definition) is 5. The lowest BCUT2D eigenvalue weighted by Crippen LogP contribution is -2.27. The second-order valence-electron chi connectivity index (χ2n) is 6.33. The number of hydrogen-bond donors (Lipinski definition) is 0. The lowest BCUT2D eigenvalue weighted by molar-refractivity contribution is -0.123. The molecule has 2 amide bonds. The van der Waals surface area contributed by atoms with E-state index in [1.165, 1.54) is 22.2 Å². The first kappa shape index (κ1) is 18.7. The van der Waals surface area contributed by atoms with Gasteiger partial charge in [-0.2, -0.15) is 0 Å². The summed E-state index contributed by atoms with van der Waals surface area (Å²) in [5, 5.41) is 0.472. The van der Waals surface area contributed by atoms with Crippen LogP contribution in [-0.2, 0) is 11.3 Å². The van der Waals surface area contributed by atoms with Gasteiger partial charge in [0.15, 0.2) is 5.09 Å². The number of amides is 2. The van der Waals surface area contributed by atoms with Crippen LogP contribution in [0.4, 0.5) is 4.79 Å². The summed E-state index contributed by atoms with van der Waals surface area (Å²) in [7, 11) is 0.